The Balaban J connectivity index is 2.05. The molecule has 2 aromatic rings. The molecule has 0 saturated carbocycles. The number of nitrogens with one attached hydrogen (secondary N) is 1. The van der Waals surface area contributed by atoms with Gasteiger partial charge in [0.1, 0.15) is 23.1 Å². The summed E-state index contributed by atoms with van der Waals surface area (Å²) in [5.41, 5.74) is 7.83. The number of aliphatic imine (C=N–C) groups is 1. The molecule has 3 N–H and O–H groups in total. The van der Waals surface area contributed by atoms with Gasteiger partial charge in [0.05, 0.1) is 20.8 Å². The summed E-state index contributed by atoms with van der Waals surface area (Å²) in [5, 5.41) is 3.00. The van der Waals surface area contributed by atoms with Crippen molar-refractivity contribution < 1.29 is 18.7 Å². The van der Waals surface area contributed by atoms with E-state index in [0.717, 1.165) is 16.9 Å². The van der Waals surface area contributed by atoms with Crippen molar-refractivity contribution >= 4 is 11.8 Å². The van der Waals surface area contributed by atoms with Crippen molar-refractivity contribution in [3.63, 3.8) is 0 Å². The number of hydrogen-bond donors (Lipinski definition) is 2. The third kappa shape index (κ3) is 6.47. The number of amidine groups is 1. The second kappa shape index (κ2) is 9.96. The molecule has 0 aliphatic rings. The smallest absolute Gasteiger partial charge is 0.354 e. The van der Waals surface area contributed by atoms with Crippen LogP contribution in [0.1, 0.15) is 11.1 Å². The molecular weight excluding hydrogens is 349 g/mol. The molecule has 0 bridgehead atoms. The molecule has 0 heterocycles. The highest BCUT2D eigenvalue weighted by molar-refractivity contribution is 5.99. The molecule has 0 aliphatic heterocycles. The molecule has 0 aliphatic carbocycles. The molecule has 0 aromatic heterocycles. The number of hydrogen-bond acceptors (Lipinski definition) is 5. The van der Waals surface area contributed by atoms with E-state index in [1.54, 1.807) is 19.2 Å². The number of rotatable bonds is 8. The molecule has 0 atom stereocenters. The van der Waals surface area contributed by atoms with Crippen LogP contribution in [0.2, 0.25) is 0 Å². The van der Waals surface area contributed by atoms with Gasteiger partial charge in [-0.2, -0.15) is 0 Å². The largest absolute Gasteiger partial charge is 0.497 e. The zero-order valence-corrected chi connectivity index (χ0v) is 15.2. The Hall–Kier alpha value is -3.35. The summed E-state index contributed by atoms with van der Waals surface area (Å²) in [6, 6.07) is 13.4. The maximum atomic E-state index is 12.9. The second-order valence-corrected chi connectivity index (χ2v) is 5.62. The second-order valence-electron chi connectivity index (χ2n) is 5.62. The van der Waals surface area contributed by atoms with E-state index >= 15 is 0 Å². The lowest BCUT2D eigenvalue weighted by molar-refractivity contribution is -0.136. The van der Waals surface area contributed by atoms with Crippen molar-refractivity contribution in [3.05, 3.63) is 77.2 Å². The molecule has 142 valence electrons. The highest BCUT2D eigenvalue weighted by atomic mass is 19.1. The zero-order valence-electron chi connectivity index (χ0n) is 15.2. The lowest BCUT2D eigenvalue weighted by Crippen LogP contribution is -2.24. The van der Waals surface area contributed by atoms with Crippen molar-refractivity contribution in [2.24, 2.45) is 10.7 Å². The SMILES string of the molecule is COC(=O)/C(=C/C(N)=NCc1ccc(F)cc1)NCc1ccc(OC)cc1. The molecule has 2 rings (SSSR count). The maximum absolute atomic E-state index is 12.9. The molecule has 0 saturated heterocycles. The summed E-state index contributed by atoms with van der Waals surface area (Å²) in [6.07, 6.45) is 1.42. The number of carbonyl (C=O) groups excluding carboxylic acids is 1. The zero-order chi connectivity index (χ0) is 19.6. The van der Waals surface area contributed by atoms with Crippen molar-refractivity contribution in [1.29, 1.82) is 0 Å². The molecule has 0 spiro atoms. The molecule has 0 radical (unpaired) electrons. The van der Waals surface area contributed by atoms with Gasteiger partial charge in [0.15, 0.2) is 0 Å². The van der Waals surface area contributed by atoms with Crippen LogP contribution in [0.4, 0.5) is 4.39 Å². The first-order chi connectivity index (χ1) is 13.0. The number of ether oxygens (including phenoxy) is 2. The minimum absolute atomic E-state index is 0.155. The van der Waals surface area contributed by atoms with E-state index in [0.29, 0.717) is 6.54 Å². The van der Waals surface area contributed by atoms with Crippen LogP contribution in [-0.4, -0.2) is 26.0 Å². The summed E-state index contributed by atoms with van der Waals surface area (Å²) in [4.78, 5) is 16.1. The van der Waals surface area contributed by atoms with Crippen LogP contribution in [0.5, 0.6) is 5.75 Å². The molecule has 6 nitrogen and oxygen atoms in total. The quantitative estimate of drug-likeness (QED) is 0.322. The van der Waals surface area contributed by atoms with Gasteiger partial charge in [-0.3, -0.25) is 4.99 Å². The van der Waals surface area contributed by atoms with Crippen molar-refractivity contribution in [1.82, 2.24) is 5.32 Å². The Morgan fingerprint density at radius 3 is 2.33 bits per heavy atom. The van der Waals surface area contributed by atoms with Gasteiger partial charge in [-0.15, -0.1) is 0 Å². The van der Waals surface area contributed by atoms with E-state index in [-0.39, 0.29) is 23.9 Å². The number of nitrogens with two attached hydrogens (primary N) is 1. The highest BCUT2D eigenvalue weighted by Gasteiger charge is 2.10. The van der Waals surface area contributed by atoms with Gasteiger partial charge in [0.25, 0.3) is 0 Å². The van der Waals surface area contributed by atoms with Crippen LogP contribution < -0.4 is 15.8 Å². The van der Waals surface area contributed by atoms with Gasteiger partial charge in [0.2, 0.25) is 0 Å². The minimum Gasteiger partial charge on any atom is -0.497 e. The molecule has 27 heavy (non-hydrogen) atoms. The maximum Gasteiger partial charge on any atom is 0.354 e. The van der Waals surface area contributed by atoms with E-state index in [1.807, 2.05) is 24.3 Å². The minimum atomic E-state index is -0.552. The Morgan fingerprint density at radius 2 is 1.74 bits per heavy atom. The first-order valence-electron chi connectivity index (χ1n) is 8.23. The molecule has 0 amide bonds. The van der Waals surface area contributed by atoms with Gasteiger partial charge in [-0.1, -0.05) is 24.3 Å². The highest BCUT2D eigenvalue weighted by Crippen LogP contribution is 2.11. The summed E-state index contributed by atoms with van der Waals surface area (Å²) in [6.45, 7) is 0.672. The molecular formula is C20H22FN3O3. The van der Waals surface area contributed by atoms with Crippen molar-refractivity contribution in [3.8, 4) is 5.75 Å². The summed E-state index contributed by atoms with van der Waals surface area (Å²) >= 11 is 0. The first kappa shape index (κ1) is 20.0. The molecule has 0 fully saturated rings. The van der Waals surface area contributed by atoms with E-state index in [2.05, 4.69) is 10.3 Å². The monoisotopic (exact) mass is 371 g/mol. The lowest BCUT2D eigenvalue weighted by Gasteiger charge is -2.10. The van der Waals surface area contributed by atoms with Gasteiger partial charge in [-0.25, -0.2) is 9.18 Å². The summed E-state index contributed by atoms with van der Waals surface area (Å²) < 4.78 is 22.8. The predicted molar refractivity (Wildman–Crippen MR) is 102 cm³/mol. The van der Waals surface area contributed by atoms with E-state index < -0.39 is 5.97 Å². The van der Waals surface area contributed by atoms with Crippen LogP contribution in [0, 0.1) is 5.82 Å². The van der Waals surface area contributed by atoms with Crippen LogP contribution in [-0.2, 0) is 22.6 Å². The summed E-state index contributed by atoms with van der Waals surface area (Å²) in [7, 11) is 2.89. The normalized spacial score (nSPS) is 11.8. The number of benzene rings is 2. The third-order valence-corrected chi connectivity index (χ3v) is 3.70. The number of halogens is 1. The van der Waals surface area contributed by atoms with Crippen LogP contribution in [0.25, 0.3) is 0 Å². The Labute approximate surface area is 157 Å². The van der Waals surface area contributed by atoms with E-state index in [1.165, 1.54) is 25.3 Å². The van der Waals surface area contributed by atoms with Crippen molar-refractivity contribution in [2.45, 2.75) is 13.1 Å². The standard InChI is InChI=1S/C20H22FN3O3/c1-26-17-9-5-15(6-10-17)12-23-18(20(25)27-2)11-19(22)24-13-14-3-7-16(21)8-4-14/h3-11,23H,12-13H2,1-2H3,(H2,22,24)/b18-11-. The van der Waals surface area contributed by atoms with Gasteiger partial charge < -0.3 is 20.5 Å². The molecule has 0 unspecified atom stereocenters. The van der Waals surface area contributed by atoms with Crippen LogP contribution in [0.15, 0.2) is 65.3 Å². The number of nitrogens with zero attached hydrogens (tertiary/aromatic N) is 1. The van der Waals surface area contributed by atoms with Gasteiger partial charge in [0, 0.05) is 12.6 Å². The Kier molecular flexibility index (Phi) is 7.37. The van der Waals surface area contributed by atoms with Gasteiger partial charge in [-0.05, 0) is 35.4 Å². The van der Waals surface area contributed by atoms with Gasteiger partial charge >= 0.3 is 5.97 Å². The van der Waals surface area contributed by atoms with Crippen LogP contribution >= 0.6 is 0 Å². The summed E-state index contributed by atoms with van der Waals surface area (Å²) in [5.74, 6) is 0.0383. The lowest BCUT2D eigenvalue weighted by atomic mass is 10.2. The van der Waals surface area contributed by atoms with E-state index in [9.17, 15) is 9.18 Å². The average Bonchev–Trinajstić information content (AvgIpc) is 2.70. The topological polar surface area (TPSA) is 85.9 Å². The fraction of sp³-hybridized carbons (Fsp3) is 0.200. The number of methoxy groups -OCH3 is 2. The average molecular weight is 371 g/mol. The first-order valence-corrected chi connectivity index (χ1v) is 8.23. The number of carbonyl (C=O) groups is 1. The fourth-order valence-electron chi connectivity index (χ4n) is 2.20. The third-order valence-electron chi connectivity index (χ3n) is 3.70. The fourth-order valence-corrected chi connectivity index (χ4v) is 2.20. The molecule has 7 heteroatoms. The van der Waals surface area contributed by atoms with E-state index in [4.69, 9.17) is 15.2 Å². The van der Waals surface area contributed by atoms with Crippen LogP contribution in [0.3, 0.4) is 0 Å². The number of esters is 1. The Morgan fingerprint density at radius 1 is 1.11 bits per heavy atom. The Bertz CT molecular complexity index is 815. The van der Waals surface area contributed by atoms with Crippen molar-refractivity contribution in [2.75, 3.05) is 14.2 Å². The predicted octanol–water partition coefficient (Wildman–Crippen LogP) is 2.54. The molecule has 2 aromatic carbocycles.